The Balaban J connectivity index is 1.67. The van der Waals surface area contributed by atoms with Gasteiger partial charge in [0.25, 0.3) is 5.91 Å². The van der Waals surface area contributed by atoms with Gasteiger partial charge in [0.2, 0.25) is 0 Å². The lowest BCUT2D eigenvalue weighted by Crippen LogP contribution is -2.36. The van der Waals surface area contributed by atoms with Crippen molar-refractivity contribution in [1.29, 1.82) is 0 Å². The minimum atomic E-state index is -0.0547. The molecule has 0 saturated carbocycles. The van der Waals surface area contributed by atoms with Gasteiger partial charge in [0.1, 0.15) is 5.69 Å². The van der Waals surface area contributed by atoms with E-state index in [0.717, 1.165) is 30.0 Å². The van der Waals surface area contributed by atoms with Crippen LogP contribution in [0.15, 0.2) is 36.4 Å². The average molecular weight is 348 g/mol. The van der Waals surface area contributed by atoms with Gasteiger partial charge in [-0.15, -0.1) is 0 Å². The Morgan fingerprint density at radius 3 is 2.58 bits per heavy atom. The summed E-state index contributed by atoms with van der Waals surface area (Å²) in [5.41, 5.74) is 5.63. The quantitative estimate of drug-likeness (QED) is 0.676. The van der Waals surface area contributed by atoms with E-state index in [1.807, 2.05) is 34.5 Å². The van der Waals surface area contributed by atoms with Crippen molar-refractivity contribution >= 4 is 11.6 Å². The molecule has 4 rings (SSSR count). The van der Waals surface area contributed by atoms with E-state index < -0.39 is 0 Å². The molecule has 0 aliphatic carbocycles. The normalized spacial score (nSPS) is 14.5. The van der Waals surface area contributed by atoms with Gasteiger partial charge in [0.15, 0.2) is 5.65 Å². The van der Waals surface area contributed by atoms with Gasteiger partial charge in [-0.05, 0) is 30.5 Å². The van der Waals surface area contributed by atoms with Crippen LogP contribution < -0.4 is 0 Å². The first-order chi connectivity index (χ1) is 12.3. The average Bonchev–Trinajstić information content (AvgIpc) is 3.06. The molecule has 26 heavy (non-hydrogen) atoms. The van der Waals surface area contributed by atoms with E-state index in [0.29, 0.717) is 12.2 Å². The van der Waals surface area contributed by atoms with E-state index >= 15 is 0 Å². The van der Waals surface area contributed by atoms with Gasteiger partial charge in [-0.1, -0.05) is 45.0 Å². The van der Waals surface area contributed by atoms with Crippen molar-refractivity contribution in [2.45, 2.75) is 46.1 Å². The minimum absolute atomic E-state index is 0.0105. The van der Waals surface area contributed by atoms with Crippen LogP contribution in [0, 0.1) is 6.92 Å². The highest BCUT2D eigenvalue weighted by Gasteiger charge is 2.24. The first kappa shape index (κ1) is 16.8. The second-order valence-electron chi connectivity index (χ2n) is 8.08. The number of carbonyl (C=O) groups excluding carboxylic acids is 1. The highest BCUT2D eigenvalue weighted by molar-refractivity contribution is 5.93. The maximum atomic E-state index is 13.0. The highest BCUT2D eigenvalue weighted by atomic mass is 16.2. The molecule has 5 heteroatoms. The first-order valence-corrected chi connectivity index (χ1v) is 9.07. The van der Waals surface area contributed by atoms with Gasteiger partial charge in [0, 0.05) is 30.3 Å². The summed E-state index contributed by atoms with van der Waals surface area (Å²) in [7, 11) is 0. The Labute approximate surface area is 153 Å². The second-order valence-corrected chi connectivity index (χ2v) is 8.08. The monoisotopic (exact) mass is 348 g/mol. The molecule has 5 nitrogen and oxygen atoms in total. The van der Waals surface area contributed by atoms with Gasteiger partial charge in [-0.3, -0.25) is 4.79 Å². The fraction of sp³-hybridized carbons (Fsp3) is 0.381. The lowest BCUT2D eigenvalue weighted by atomic mass is 9.93. The molecule has 0 fully saturated rings. The zero-order valence-electron chi connectivity index (χ0n) is 15.8. The van der Waals surface area contributed by atoms with Crippen LogP contribution in [0.1, 0.15) is 53.8 Å². The van der Waals surface area contributed by atoms with E-state index in [-0.39, 0.29) is 11.3 Å². The number of aromatic nitrogens is 3. The first-order valence-electron chi connectivity index (χ1n) is 9.07. The molecule has 0 bridgehead atoms. The molecule has 0 unspecified atom stereocenters. The number of amides is 1. The van der Waals surface area contributed by atoms with Gasteiger partial charge in [-0.2, -0.15) is 5.10 Å². The molecular weight excluding hydrogens is 324 g/mol. The van der Waals surface area contributed by atoms with Crippen molar-refractivity contribution < 1.29 is 4.79 Å². The molecule has 0 spiro atoms. The van der Waals surface area contributed by atoms with Gasteiger partial charge < -0.3 is 4.90 Å². The number of hydrogen-bond acceptors (Lipinski definition) is 3. The molecule has 1 amide bonds. The summed E-state index contributed by atoms with van der Waals surface area (Å²) < 4.78 is 1.82. The molecule has 0 atom stereocenters. The van der Waals surface area contributed by atoms with Crippen molar-refractivity contribution in [1.82, 2.24) is 19.5 Å². The molecule has 3 aromatic rings. The highest BCUT2D eigenvalue weighted by Crippen LogP contribution is 2.23. The molecule has 1 aliphatic heterocycles. The summed E-state index contributed by atoms with van der Waals surface area (Å²) in [4.78, 5) is 19.5. The fourth-order valence-electron chi connectivity index (χ4n) is 3.43. The van der Waals surface area contributed by atoms with E-state index in [4.69, 9.17) is 0 Å². The number of aryl methyl sites for hydroxylation is 1. The van der Waals surface area contributed by atoms with Gasteiger partial charge in [0.05, 0.1) is 5.69 Å². The maximum Gasteiger partial charge on any atom is 0.272 e. The smallest absolute Gasteiger partial charge is 0.272 e. The van der Waals surface area contributed by atoms with Gasteiger partial charge >= 0.3 is 0 Å². The maximum absolute atomic E-state index is 13.0. The Morgan fingerprint density at radius 2 is 1.85 bits per heavy atom. The van der Waals surface area contributed by atoms with Crippen LogP contribution in [0.5, 0.6) is 0 Å². The fourth-order valence-corrected chi connectivity index (χ4v) is 3.43. The van der Waals surface area contributed by atoms with E-state index in [9.17, 15) is 4.79 Å². The number of rotatable bonds is 1. The van der Waals surface area contributed by atoms with E-state index in [1.165, 1.54) is 11.1 Å². The Kier molecular flexibility index (Phi) is 3.83. The second kappa shape index (κ2) is 5.94. The van der Waals surface area contributed by atoms with Crippen LogP contribution in [0.25, 0.3) is 5.65 Å². The summed E-state index contributed by atoms with van der Waals surface area (Å²) in [5, 5.41) is 4.66. The van der Waals surface area contributed by atoms with Crippen molar-refractivity contribution in [2.24, 2.45) is 0 Å². The molecule has 1 aliphatic rings. The summed E-state index contributed by atoms with van der Waals surface area (Å²) in [6, 6.07) is 12.2. The Morgan fingerprint density at radius 1 is 1.12 bits per heavy atom. The summed E-state index contributed by atoms with van der Waals surface area (Å²) in [6.07, 6.45) is 0.893. The lowest BCUT2D eigenvalue weighted by Gasteiger charge is -2.28. The lowest BCUT2D eigenvalue weighted by molar-refractivity contribution is 0.0728. The van der Waals surface area contributed by atoms with Crippen molar-refractivity contribution in [2.75, 3.05) is 6.54 Å². The van der Waals surface area contributed by atoms with E-state index in [2.05, 4.69) is 49.1 Å². The third-order valence-corrected chi connectivity index (χ3v) is 5.01. The van der Waals surface area contributed by atoms with Crippen molar-refractivity contribution in [3.63, 3.8) is 0 Å². The molecule has 3 heterocycles. The number of nitrogens with zero attached hydrogens (tertiary/aromatic N) is 4. The number of fused-ring (bicyclic) bond motifs is 2. The number of benzene rings is 1. The van der Waals surface area contributed by atoms with Crippen LogP contribution in [0.4, 0.5) is 0 Å². The Hall–Kier alpha value is -2.69. The van der Waals surface area contributed by atoms with Gasteiger partial charge in [-0.25, -0.2) is 9.50 Å². The van der Waals surface area contributed by atoms with Crippen LogP contribution in [-0.4, -0.2) is 31.9 Å². The van der Waals surface area contributed by atoms with Crippen LogP contribution >= 0.6 is 0 Å². The molecule has 134 valence electrons. The largest absolute Gasteiger partial charge is 0.333 e. The summed E-state index contributed by atoms with van der Waals surface area (Å²) in [6.45, 7) is 9.72. The third kappa shape index (κ3) is 2.87. The molecular formula is C21H24N4O. The molecule has 0 saturated heterocycles. The number of hydrogen-bond donors (Lipinski definition) is 0. The number of carbonyl (C=O) groups is 1. The standard InChI is InChI=1S/C21H24N4O/c1-14-11-17(22-19-12-18(21(2,3)4)23-25(14)19)20(26)24-10-9-15-7-5-6-8-16(15)13-24/h5-8,11-12H,9-10,13H2,1-4H3. The van der Waals surface area contributed by atoms with Crippen molar-refractivity contribution in [3.8, 4) is 0 Å². The predicted molar refractivity (Wildman–Crippen MR) is 101 cm³/mol. The topological polar surface area (TPSA) is 50.5 Å². The molecule has 0 radical (unpaired) electrons. The van der Waals surface area contributed by atoms with Crippen molar-refractivity contribution in [3.05, 3.63) is 64.6 Å². The molecule has 2 aromatic heterocycles. The van der Waals surface area contributed by atoms with Crippen LogP contribution in [0.2, 0.25) is 0 Å². The summed E-state index contributed by atoms with van der Waals surface area (Å²) in [5.74, 6) is -0.0105. The minimum Gasteiger partial charge on any atom is -0.333 e. The summed E-state index contributed by atoms with van der Waals surface area (Å²) >= 11 is 0. The van der Waals surface area contributed by atoms with Crippen LogP contribution in [-0.2, 0) is 18.4 Å². The Bertz CT molecular complexity index is 997. The molecule has 0 N–H and O–H groups in total. The SMILES string of the molecule is Cc1cc(C(=O)N2CCc3ccccc3C2)nc2cc(C(C)(C)C)nn12. The zero-order chi connectivity index (χ0) is 18.5. The third-order valence-electron chi connectivity index (χ3n) is 5.01. The van der Waals surface area contributed by atoms with Crippen LogP contribution in [0.3, 0.4) is 0 Å². The molecule has 1 aromatic carbocycles. The van der Waals surface area contributed by atoms with E-state index in [1.54, 1.807) is 0 Å². The predicted octanol–water partition coefficient (Wildman–Crippen LogP) is 3.53. The zero-order valence-corrected chi connectivity index (χ0v) is 15.8.